The maximum absolute atomic E-state index is 4.80. The van der Waals surface area contributed by atoms with E-state index in [2.05, 4.69) is 59.7 Å². The van der Waals surface area contributed by atoms with Crippen LogP contribution in [0.4, 0.5) is 0 Å². The molecule has 23 heavy (non-hydrogen) atoms. The van der Waals surface area contributed by atoms with Crippen LogP contribution in [0.1, 0.15) is 0 Å². The van der Waals surface area contributed by atoms with Crippen molar-refractivity contribution in [1.29, 1.82) is 0 Å². The van der Waals surface area contributed by atoms with Gasteiger partial charge in [-0.05, 0) is 35.2 Å². The Balaban J connectivity index is 0.00000149. The van der Waals surface area contributed by atoms with E-state index in [0.717, 1.165) is 65.4 Å². The molecule has 0 aromatic rings. The number of rotatable bonds is 0. The first kappa shape index (κ1) is 23.9. The Kier molecular flexibility index (Phi) is 15.8. The van der Waals surface area contributed by atoms with Crippen LogP contribution in [0.2, 0.25) is 0 Å². The first-order valence-electron chi connectivity index (χ1n) is 8.18. The van der Waals surface area contributed by atoms with Gasteiger partial charge in [0, 0.05) is 65.4 Å². The number of nitrogens with zero attached hydrogens (tertiary/aromatic N) is 5. The molecule has 1 saturated heterocycles. The molecule has 0 unspecified atom stereocenters. The molecule has 141 valence electrons. The summed E-state index contributed by atoms with van der Waals surface area (Å²) in [5.74, 6) is 0. The van der Waals surface area contributed by atoms with Crippen molar-refractivity contribution in [2.45, 2.75) is 0 Å². The molecule has 0 bridgehead atoms. The van der Waals surface area contributed by atoms with Crippen molar-refractivity contribution in [3.63, 3.8) is 0 Å². The minimum atomic E-state index is 0.00694. The second-order valence-electron chi connectivity index (χ2n) is 6.57. The summed E-state index contributed by atoms with van der Waals surface area (Å²) in [6.45, 7) is 11.6. The fraction of sp³-hybridized carbons (Fsp3) is 1.00. The van der Waals surface area contributed by atoms with Gasteiger partial charge in [-0.1, -0.05) is 0 Å². The molecular formula is C15H35Cl2MnN5. The number of hydrogen-bond acceptors (Lipinski definition) is 5. The molecule has 0 atom stereocenters. The van der Waals surface area contributed by atoms with E-state index >= 15 is 0 Å². The quantitative estimate of drug-likeness (QED) is 0.552. The van der Waals surface area contributed by atoms with Crippen LogP contribution in [-0.4, -0.2) is 125 Å². The summed E-state index contributed by atoms with van der Waals surface area (Å²) in [5, 5.41) is 0. The Labute approximate surface area is 158 Å². The van der Waals surface area contributed by atoms with Gasteiger partial charge < -0.3 is 24.5 Å². The third kappa shape index (κ3) is 14.9. The Morgan fingerprint density at radius 3 is 0.609 bits per heavy atom. The molecule has 5 nitrogen and oxygen atoms in total. The van der Waals surface area contributed by atoms with Crippen LogP contribution < -0.4 is 0 Å². The molecule has 0 aromatic heterocycles. The van der Waals surface area contributed by atoms with E-state index in [1.165, 1.54) is 0 Å². The van der Waals surface area contributed by atoms with Gasteiger partial charge in [0.1, 0.15) is 0 Å². The van der Waals surface area contributed by atoms with Crippen LogP contribution in [0.3, 0.4) is 0 Å². The molecule has 1 rings (SSSR count). The summed E-state index contributed by atoms with van der Waals surface area (Å²) in [6.07, 6.45) is 0. The Hall–Kier alpha value is 0.899. The van der Waals surface area contributed by atoms with Gasteiger partial charge in [0.2, 0.25) is 0 Å². The monoisotopic (exact) mass is 410 g/mol. The van der Waals surface area contributed by atoms with E-state index in [1.807, 2.05) is 0 Å². The molecule has 0 spiro atoms. The summed E-state index contributed by atoms with van der Waals surface area (Å²) in [7, 11) is 20.8. The average molecular weight is 411 g/mol. The summed E-state index contributed by atoms with van der Waals surface area (Å²) in [5.41, 5.74) is 0. The summed E-state index contributed by atoms with van der Waals surface area (Å²) < 4.78 is 0. The van der Waals surface area contributed by atoms with E-state index in [1.54, 1.807) is 0 Å². The topological polar surface area (TPSA) is 16.2 Å². The van der Waals surface area contributed by atoms with Crippen molar-refractivity contribution in [2.24, 2.45) is 0 Å². The zero-order valence-electron chi connectivity index (χ0n) is 15.4. The second-order valence-corrected chi connectivity index (χ2v) is 8.52. The zero-order chi connectivity index (χ0) is 17.7. The molecule has 0 N–H and O–H groups in total. The normalized spacial score (nSPS) is 23.6. The molecule has 1 heterocycles. The van der Waals surface area contributed by atoms with Gasteiger partial charge in [0.05, 0.1) is 0 Å². The second kappa shape index (κ2) is 15.2. The van der Waals surface area contributed by atoms with E-state index in [9.17, 15) is 0 Å². The fourth-order valence-electron chi connectivity index (χ4n) is 2.27. The van der Waals surface area contributed by atoms with Crippen molar-refractivity contribution in [2.75, 3.05) is 101 Å². The van der Waals surface area contributed by atoms with Crippen LogP contribution in [0.15, 0.2) is 0 Å². The molecule has 1 aliphatic heterocycles. The Morgan fingerprint density at radius 1 is 0.435 bits per heavy atom. The molecule has 0 saturated carbocycles. The number of halogens is 2. The van der Waals surface area contributed by atoms with Gasteiger partial charge in [-0.3, -0.25) is 0 Å². The first-order valence-corrected chi connectivity index (χ1v) is 11.4. The predicted molar refractivity (Wildman–Crippen MR) is 99.2 cm³/mol. The average Bonchev–Trinajstić information content (AvgIpc) is 2.52. The van der Waals surface area contributed by atoms with Gasteiger partial charge >= 0.3 is 33.3 Å². The SMILES string of the molecule is CN1CCN(C)CCN(C)CCN(C)CCN(C)CC1.[Cl][Mn][Cl]. The standard InChI is InChI=1S/C15H35N5.2ClH.Mn/c1-16-6-8-17(2)10-12-19(4)14-15-20(5)13-11-18(3)9-7-16;;;/h6-15H2,1-5H3;2*1H;/q;;;+2/p-2. The van der Waals surface area contributed by atoms with E-state index < -0.39 is 0 Å². The van der Waals surface area contributed by atoms with Gasteiger partial charge in [0.15, 0.2) is 0 Å². The molecule has 0 radical (unpaired) electrons. The molecule has 0 aliphatic carbocycles. The molecule has 1 fully saturated rings. The van der Waals surface area contributed by atoms with Crippen LogP contribution in [0, 0.1) is 0 Å². The predicted octanol–water partition coefficient (Wildman–Crippen LogP) is 1.04. The third-order valence-electron chi connectivity index (χ3n) is 4.32. The van der Waals surface area contributed by atoms with Crippen molar-refractivity contribution in [3.8, 4) is 0 Å². The van der Waals surface area contributed by atoms with Crippen molar-refractivity contribution < 1.29 is 13.1 Å². The molecule has 1 aliphatic rings. The molecule has 8 heteroatoms. The summed E-state index contributed by atoms with van der Waals surface area (Å²) in [4.78, 5) is 12.2. The van der Waals surface area contributed by atoms with Crippen molar-refractivity contribution in [1.82, 2.24) is 24.5 Å². The summed E-state index contributed by atoms with van der Waals surface area (Å²) in [6, 6.07) is 0. The zero-order valence-corrected chi connectivity index (χ0v) is 18.1. The first-order chi connectivity index (χ1) is 10.9. The van der Waals surface area contributed by atoms with Gasteiger partial charge in [-0.25, -0.2) is 0 Å². The Morgan fingerprint density at radius 2 is 0.522 bits per heavy atom. The molecular weight excluding hydrogens is 376 g/mol. The van der Waals surface area contributed by atoms with Crippen LogP contribution in [-0.2, 0) is 13.1 Å². The third-order valence-corrected chi connectivity index (χ3v) is 4.32. The van der Waals surface area contributed by atoms with Crippen LogP contribution in [0.5, 0.6) is 0 Å². The van der Waals surface area contributed by atoms with E-state index in [-0.39, 0.29) is 13.1 Å². The minimum absolute atomic E-state index is 0.00694. The van der Waals surface area contributed by atoms with Gasteiger partial charge in [-0.15, -0.1) is 0 Å². The molecule has 0 aromatic carbocycles. The van der Waals surface area contributed by atoms with Gasteiger partial charge in [-0.2, -0.15) is 0 Å². The number of hydrogen-bond donors (Lipinski definition) is 0. The Bertz CT molecular complexity index is 198. The van der Waals surface area contributed by atoms with Crippen LogP contribution in [0.25, 0.3) is 0 Å². The van der Waals surface area contributed by atoms with E-state index in [4.69, 9.17) is 20.2 Å². The summed E-state index contributed by atoms with van der Waals surface area (Å²) >= 11 is 0.00694. The number of likely N-dealkylation sites (N-methyl/N-ethyl adjacent to an activating group) is 5. The van der Waals surface area contributed by atoms with Crippen LogP contribution >= 0.6 is 20.2 Å². The van der Waals surface area contributed by atoms with Crippen molar-refractivity contribution in [3.05, 3.63) is 0 Å². The van der Waals surface area contributed by atoms with Gasteiger partial charge in [0.25, 0.3) is 0 Å². The van der Waals surface area contributed by atoms with E-state index in [0.29, 0.717) is 0 Å². The van der Waals surface area contributed by atoms with Crippen molar-refractivity contribution >= 4 is 20.2 Å². The maximum atomic E-state index is 4.80. The molecule has 0 amide bonds. The fourth-order valence-corrected chi connectivity index (χ4v) is 2.27.